The second-order valence-electron chi connectivity index (χ2n) is 7.93. The average Bonchev–Trinajstić information content (AvgIpc) is 2.83. The fourth-order valence-corrected chi connectivity index (χ4v) is 4.32. The van der Waals surface area contributed by atoms with Crippen LogP contribution in [-0.2, 0) is 4.79 Å². The molecule has 4 rings (SSSR count). The lowest BCUT2D eigenvalue weighted by atomic mass is 9.98. The van der Waals surface area contributed by atoms with E-state index in [2.05, 4.69) is 16.4 Å². The molecule has 0 unspecified atom stereocenters. The Morgan fingerprint density at radius 1 is 0.971 bits per heavy atom. The average molecular weight is 468 g/mol. The smallest absolute Gasteiger partial charge is 0.234 e. The number of benzene rings is 3. The van der Waals surface area contributed by atoms with Gasteiger partial charge in [0.1, 0.15) is 16.9 Å². The molecular weight excluding hydrogens is 445 g/mol. The Morgan fingerprint density at radius 3 is 2.35 bits per heavy atom. The Labute approximate surface area is 202 Å². The number of thioether (sulfide) groups is 1. The van der Waals surface area contributed by atoms with Gasteiger partial charge in [-0.2, -0.15) is 5.26 Å². The first-order valence-corrected chi connectivity index (χ1v) is 11.7. The molecule has 1 aromatic heterocycles. The second kappa shape index (κ2) is 10.3. The summed E-state index contributed by atoms with van der Waals surface area (Å²) in [7, 11) is 0. The number of aryl methyl sites for hydroxylation is 2. The summed E-state index contributed by atoms with van der Waals surface area (Å²) >= 11 is 1.21. The van der Waals surface area contributed by atoms with E-state index in [0.717, 1.165) is 33.5 Å². The van der Waals surface area contributed by atoms with Gasteiger partial charge in [-0.05, 0) is 67.4 Å². The van der Waals surface area contributed by atoms with Crippen molar-refractivity contribution in [3.63, 3.8) is 0 Å². The number of aromatic nitrogens is 1. The zero-order chi connectivity index (χ0) is 24.1. The van der Waals surface area contributed by atoms with Crippen molar-refractivity contribution in [3.8, 4) is 28.5 Å². The molecule has 4 nitrogen and oxygen atoms in total. The third-order valence-electron chi connectivity index (χ3n) is 5.24. The molecule has 0 aliphatic rings. The van der Waals surface area contributed by atoms with Crippen LogP contribution in [0.5, 0.6) is 0 Å². The predicted molar refractivity (Wildman–Crippen MR) is 135 cm³/mol. The first kappa shape index (κ1) is 23.2. The highest BCUT2D eigenvalue weighted by Crippen LogP contribution is 2.34. The van der Waals surface area contributed by atoms with Gasteiger partial charge in [-0.3, -0.25) is 4.79 Å². The van der Waals surface area contributed by atoms with Crippen LogP contribution in [0, 0.1) is 31.0 Å². The van der Waals surface area contributed by atoms with Gasteiger partial charge in [0.15, 0.2) is 0 Å². The van der Waals surface area contributed by atoms with E-state index >= 15 is 0 Å². The number of halogens is 1. The SMILES string of the molecule is Cc1ccc(-c2cc(-c3ccc(F)cc3)nc(SCC(=O)Nc3cccc(C)c3)c2C#N)cc1. The third-order valence-corrected chi connectivity index (χ3v) is 6.22. The molecule has 0 spiro atoms. The molecule has 0 saturated carbocycles. The molecule has 0 bridgehead atoms. The van der Waals surface area contributed by atoms with Crippen molar-refractivity contribution in [2.45, 2.75) is 18.9 Å². The highest BCUT2D eigenvalue weighted by molar-refractivity contribution is 8.00. The fraction of sp³-hybridized carbons (Fsp3) is 0.107. The van der Waals surface area contributed by atoms with Gasteiger partial charge < -0.3 is 5.32 Å². The summed E-state index contributed by atoms with van der Waals surface area (Å²) in [5, 5.41) is 13.3. The zero-order valence-corrected chi connectivity index (χ0v) is 19.6. The van der Waals surface area contributed by atoms with Gasteiger partial charge in [-0.15, -0.1) is 0 Å². The topological polar surface area (TPSA) is 65.8 Å². The summed E-state index contributed by atoms with van der Waals surface area (Å²) in [6, 6.07) is 25.6. The van der Waals surface area contributed by atoms with E-state index in [9.17, 15) is 14.4 Å². The molecule has 1 N–H and O–H groups in total. The molecule has 0 aliphatic heterocycles. The molecule has 0 radical (unpaired) electrons. The number of hydrogen-bond acceptors (Lipinski definition) is 4. The standard InChI is InChI=1S/C28H22FN3OS/c1-18-6-8-20(9-7-18)24-15-26(21-10-12-22(29)13-11-21)32-28(25(24)16-30)34-17-27(33)31-23-5-3-4-19(2)14-23/h3-15H,17H2,1-2H3,(H,31,33). The number of rotatable bonds is 6. The first-order chi connectivity index (χ1) is 16.4. The van der Waals surface area contributed by atoms with Crippen molar-refractivity contribution < 1.29 is 9.18 Å². The number of nitrogens with one attached hydrogen (secondary N) is 1. The lowest BCUT2D eigenvalue weighted by Gasteiger charge is -2.13. The predicted octanol–water partition coefficient (Wildman–Crippen LogP) is 6.77. The second-order valence-corrected chi connectivity index (χ2v) is 8.89. The Morgan fingerprint density at radius 2 is 1.68 bits per heavy atom. The van der Waals surface area contributed by atoms with Crippen molar-refractivity contribution in [1.29, 1.82) is 5.26 Å². The van der Waals surface area contributed by atoms with E-state index in [1.54, 1.807) is 12.1 Å². The lowest BCUT2D eigenvalue weighted by Crippen LogP contribution is -2.14. The maximum atomic E-state index is 13.5. The van der Waals surface area contributed by atoms with E-state index in [0.29, 0.717) is 16.3 Å². The summed E-state index contributed by atoms with van der Waals surface area (Å²) in [5.74, 6) is -0.431. The van der Waals surface area contributed by atoms with Gasteiger partial charge >= 0.3 is 0 Å². The molecule has 1 amide bonds. The molecule has 3 aromatic carbocycles. The van der Waals surface area contributed by atoms with Crippen LogP contribution >= 0.6 is 11.8 Å². The monoisotopic (exact) mass is 467 g/mol. The summed E-state index contributed by atoms with van der Waals surface area (Å²) in [4.78, 5) is 17.3. The van der Waals surface area contributed by atoms with Gasteiger partial charge in [0.2, 0.25) is 5.91 Å². The van der Waals surface area contributed by atoms with E-state index < -0.39 is 0 Å². The normalized spacial score (nSPS) is 10.5. The maximum Gasteiger partial charge on any atom is 0.234 e. The van der Waals surface area contributed by atoms with E-state index in [-0.39, 0.29) is 17.5 Å². The number of amides is 1. The number of nitriles is 1. The molecule has 4 aromatic rings. The van der Waals surface area contributed by atoms with Gasteiger partial charge in [0.05, 0.1) is 17.0 Å². The lowest BCUT2D eigenvalue weighted by molar-refractivity contribution is -0.113. The van der Waals surface area contributed by atoms with Crippen molar-refractivity contribution in [2.75, 3.05) is 11.1 Å². The first-order valence-electron chi connectivity index (χ1n) is 10.7. The van der Waals surface area contributed by atoms with Crippen LogP contribution in [0.3, 0.4) is 0 Å². The molecule has 0 saturated heterocycles. The highest BCUT2D eigenvalue weighted by Gasteiger charge is 2.17. The molecule has 6 heteroatoms. The van der Waals surface area contributed by atoms with Crippen molar-refractivity contribution in [2.24, 2.45) is 0 Å². The maximum absolute atomic E-state index is 13.5. The summed E-state index contributed by atoms with van der Waals surface area (Å²) < 4.78 is 13.5. The number of nitrogens with zero attached hydrogens (tertiary/aromatic N) is 2. The van der Waals surface area contributed by atoms with Gasteiger partial charge in [-0.25, -0.2) is 9.37 Å². The number of carbonyl (C=O) groups excluding carboxylic acids is 1. The quantitative estimate of drug-likeness (QED) is 0.318. The minimum Gasteiger partial charge on any atom is -0.325 e. The fourth-order valence-electron chi connectivity index (χ4n) is 3.52. The van der Waals surface area contributed by atoms with Crippen LogP contribution in [-0.4, -0.2) is 16.6 Å². The molecular formula is C28H22FN3OS. The van der Waals surface area contributed by atoms with Crippen LogP contribution in [0.4, 0.5) is 10.1 Å². The molecule has 168 valence electrons. The largest absolute Gasteiger partial charge is 0.325 e. The number of hydrogen-bond donors (Lipinski definition) is 1. The summed E-state index contributed by atoms with van der Waals surface area (Å²) in [6.45, 7) is 3.96. The Bertz CT molecular complexity index is 1380. The third kappa shape index (κ3) is 5.51. The van der Waals surface area contributed by atoms with Gasteiger partial charge in [-0.1, -0.05) is 53.7 Å². The van der Waals surface area contributed by atoms with Crippen LogP contribution in [0.25, 0.3) is 22.4 Å². The summed E-state index contributed by atoms with van der Waals surface area (Å²) in [6.07, 6.45) is 0. The molecule has 34 heavy (non-hydrogen) atoms. The number of anilines is 1. The van der Waals surface area contributed by atoms with E-state index in [4.69, 9.17) is 0 Å². The minimum atomic E-state index is -0.335. The van der Waals surface area contributed by atoms with Crippen molar-refractivity contribution in [3.05, 3.63) is 101 Å². The van der Waals surface area contributed by atoms with Gasteiger partial charge in [0, 0.05) is 16.8 Å². The molecule has 0 fully saturated rings. The van der Waals surface area contributed by atoms with Crippen LogP contribution < -0.4 is 5.32 Å². The van der Waals surface area contributed by atoms with E-state index in [1.807, 2.05) is 68.4 Å². The summed E-state index contributed by atoms with van der Waals surface area (Å²) in [5.41, 5.74) is 6.22. The van der Waals surface area contributed by atoms with Gasteiger partial charge in [0.25, 0.3) is 0 Å². The Kier molecular flexibility index (Phi) is 7.05. The number of pyridine rings is 1. The van der Waals surface area contributed by atoms with Crippen LogP contribution in [0.1, 0.15) is 16.7 Å². The van der Waals surface area contributed by atoms with Crippen molar-refractivity contribution in [1.82, 2.24) is 4.98 Å². The van der Waals surface area contributed by atoms with E-state index in [1.165, 1.54) is 23.9 Å². The number of carbonyl (C=O) groups is 1. The molecule has 0 atom stereocenters. The Hall–Kier alpha value is -3.95. The van der Waals surface area contributed by atoms with Crippen LogP contribution in [0.15, 0.2) is 83.9 Å². The Balaban J connectivity index is 1.69. The van der Waals surface area contributed by atoms with Crippen LogP contribution in [0.2, 0.25) is 0 Å². The minimum absolute atomic E-state index is 0.0931. The van der Waals surface area contributed by atoms with Crippen molar-refractivity contribution >= 4 is 23.4 Å². The molecule has 1 heterocycles. The highest BCUT2D eigenvalue weighted by atomic mass is 32.2. The molecule has 0 aliphatic carbocycles. The zero-order valence-electron chi connectivity index (χ0n) is 18.8.